The maximum atomic E-state index is 12.8. The lowest BCUT2D eigenvalue weighted by atomic mass is 10.0. The summed E-state index contributed by atoms with van der Waals surface area (Å²) in [7, 11) is 0. The number of carbonyl (C=O) groups is 2. The van der Waals surface area contributed by atoms with E-state index in [1.54, 1.807) is 36.5 Å². The number of aliphatic hydroxyl groups is 1. The van der Waals surface area contributed by atoms with Crippen LogP contribution in [0.3, 0.4) is 0 Å². The summed E-state index contributed by atoms with van der Waals surface area (Å²) in [5.74, 6) is 0.386. The number of nitrogens with zero attached hydrogens (tertiary/aromatic N) is 2. The highest BCUT2D eigenvalue weighted by Gasteiger charge is 2.16. The van der Waals surface area contributed by atoms with Crippen LogP contribution in [0.25, 0.3) is 0 Å². The number of amides is 2. The molecule has 38 heavy (non-hydrogen) atoms. The SMILES string of the molecule is C/C=C\C.CC.Cc1ccc(NC(=O)c2ccnc(N3CCOCC3)c2)cc1NC(=O)C1=CCCC(O)=C1. The molecule has 1 fully saturated rings. The van der Waals surface area contributed by atoms with Gasteiger partial charge in [0.25, 0.3) is 11.8 Å². The lowest BCUT2D eigenvalue weighted by Crippen LogP contribution is -2.36. The standard InChI is InChI=1S/C24H26N4O4.C4H8.C2H6/c1-16-5-6-19(15-21(16)27-24(31)17-3-2-4-20(29)13-17)26-23(30)18-7-8-25-22(14-18)28-9-11-32-12-10-28;1-3-4-2;1-2/h3,5-8,13-15,29H,2,4,9-12H2,1H3,(H,26,30)(H,27,31);3-4H,1-2H3;1-2H3/b;4-3-;. The Kier molecular flexibility index (Phi) is 12.8. The maximum Gasteiger partial charge on any atom is 0.255 e. The summed E-state index contributed by atoms with van der Waals surface area (Å²) in [6.45, 7) is 12.6. The number of hydrogen-bond donors (Lipinski definition) is 3. The number of nitrogens with one attached hydrogen (secondary N) is 2. The van der Waals surface area contributed by atoms with Crippen molar-refractivity contribution in [2.24, 2.45) is 0 Å². The smallest absolute Gasteiger partial charge is 0.255 e. The first-order valence-corrected chi connectivity index (χ1v) is 13.1. The van der Waals surface area contributed by atoms with E-state index in [0.717, 1.165) is 24.5 Å². The fourth-order valence-corrected chi connectivity index (χ4v) is 3.60. The van der Waals surface area contributed by atoms with Gasteiger partial charge in [-0.2, -0.15) is 0 Å². The highest BCUT2D eigenvalue weighted by Crippen LogP contribution is 2.23. The summed E-state index contributed by atoms with van der Waals surface area (Å²) in [6.07, 6.45) is 10.1. The van der Waals surface area contributed by atoms with Crippen LogP contribution in [-0.2, 0) is 9.53 Å². The average Bonchev–Trinajstić information content (AvgIpc) is 2.96. The number of carbonyl (C=O) groups excluding carboxylic acids is 2. The number of rotatable bonds is 5. The monoisotopic (exact) mass is 520 g/mol. The molecule has 2 aromatic rings. The van der Waals surface area contributed by atoms with E-state index in [0.29, 0.717) is 48.6 Å². The molecular weight excluding hydrogens is 480 g/mol. The van der Waals surface area contributed by atoms with Crippen molar-refractivity contribution in [2.45, 2.75) is 47.5 Å². The molecule has 0 radical (unpaired) electrons. The molecule has 1 aromatic carbocycles. The van der Waals surface area contributed by atoms with Crippen molar-refractivity contribution >= 4 is 29.0 Å². The number of aryl methyl sites for hydroxylation is 1. The average molecular weight is 521 g/mol. The Hall–Kier alpha value is -3.91. The number of anilines is 3. The van der Waals surface area contributed by atoms with E-state index < -0.39 is 0 Å². The first kappa shape index (κ1) is 30.3. The molecule has 0 atom stereocenters. The Bertz CT molecular complexity index is 1160. The molecule has 0 unspecified atom stereocenters. The summed E-state index contributed by atoms with van der Waals surface area (Å²) >= 11 is 0. The van der Waals surface area contributed by atoms with Crippen LogP contribution in [0.1, 0.15) is 56.5 Å². The fourth-order valence-electron chi connectivity index (χ4n) is 3.60. The van der Waals surface area contributed by atoms with Gasteiger partial charge >= 0.3 is 0 Å². The van der Waals surface area contributed by atoms with Crippen LogP contribution in [0.4, 0.5) is 17.2 Å². The molecule has 3 N–H and O–H groups in total. The molecule has 1 aromatic heterocycles. The van der Waals surface area contributed by atoms with E-state index in [4.69, 9.17) is 4.74 Å². The summed E-state index contributed by atoms with van der Waals surface area (Å²) in [5.41, 5.74) is 2.95. The van der Waals surface area contributed by atoms with Crippen LogP contribution < -0.4 is 15.5 Å². The van der Waals surface area contributed by atoms with Crippen LogP contribution in [0, 0.1) is 6.92 Å². The summed E-state index contributed by atoms with van der Waals surface area (Å²) in [4.78, 5) is 31.9. The third-order valence-electron chi connectivity index (χ3n) is 5.77. The fraction of sp³-hybridized carbons (Fsp3) is 0.367. The number of aromatic nitrogens is 1. The second-order valence-electron chi connectivity index (χ2n) is 8.44. The van der Waals surface area contributed by atoms with Crippen molar-refractivity contribution in [3.8, 4) is 0 Å². The molecule has 1 aliphatic heterocycles. The van der Waals surface area contributed by atoms with Crippen LogP contribution in [0.2, 0.25) is 0 Å². The molecule has 0 saturated carbocycles. The van der Waals surface area contributed by atoms with Crippen LogP contribution >= 0.6 is 0 Å². The molecule has 2 heterocycles. The molecule has 2 amide bonds. The summed E-state index contributed by atoms with van der Waals surface area (Å²) < 4.78 is 5.37. The topological polar surface area (TPSA) is 104 Å². The largest absolute Gasteiger partial charge is 0.512 e. The minimum atomic E-state index is -0.299. The van der Waals surface area contributed by atoms with Crippen LogP contribution in [-0.4, -0.2) is 48.2 Å². The second-order valence-corrected chi connectivity index (χ2v) is 8.44. The minimum Gasteiger partial charge on any atom is -0.512 e. The van der Waals surface area contributed by atoms with Gasteiger partial charge in [-0.05, 0) is 63.1 Å². The molecule has 0 bridgehead atoms. The van der Waals surface area contributed by atoms with Gasteiger partial charge in [-0.25, -0.2) is 4.98 Å². The van der Waals surface area contributed by atoms with Gasteiger partial charge in [0.15, 0.2) is 0 Å². The number of morpholine rings is 1. The van der Waals surface area contributed by atoms with Gasteiger partial charge in [-0.1, -0.05) is 38.1 Å². The number of ether oxygens (including phenoxy) is 1. The molecular formula is C30H40N4O4. The molecule has 8 nitrogen and oxygen atoms in total. The molecule has 204 valence electrons. The third kappa shape index (κ3) is 9.19. The van der Waals surface area contributed by atoms with Gasteiger partial charge < -0.3 is 25.4 Å². The Balaban J connectivity index is 0.000000773. The molecule has 2 aliphatic rings. The zero-order chi connectivity index (χ0) is 27.9. The lowest BCUT2D eigenvalue weighted by Gasteiger charge is -2.27. The van der Waals surface area contributed by atoms with Gasteiger partial charge in [0.1, 0.15) is 5.82 Å². The van der Waals surface area contributed by atoms with Crippen molar-refractivity contribution in [1.29, 1.82) is 0 Å². The van der Waals surface area contributed by atoms with Crippen LogP contribution in [0.15, 0.2) is 72.2 Å². The van der Waals surface area contributed by atoms with E-state index >= 15 is 0 Å². The molecule has 0 spiro atoms. The quantitative estimate of drug-likeness (QED) is 0.406. The Morgan fingerprint density at radius 2 is 1.74 bits per heavy atom. The third-order valence-corrected chi connectivity index (χ3v) is 5.77. The number of pyridine rings is 1. The van der Waals surface area contributed by atoms with E-state index in [2.05, 4.69) is 20.5 Å². The van der Waals surface area contributed by atoms with Gasteiger partial charge in [-0.3, -0.25) is 9.59 Å². The summed E-state index contributed by atoms with van der Waals surface area (Å²) in [6, 6.07) is 8.79. The van der Waals surface area contributed by atoms with Gasteiger partial charge in [-0.15, -0.1) is 0 Å². The summed E-state index contributed by atoms with van der Waals surface area (Å²) in [5, 5.41) is 15.4. The number of hydrogen-bond acceptors (Lipinski definition) is 6. The number of aliphatic hydroxyl groups excluding tert-OH is 1. The van der Waals surface area contributed by atoms with Crippen molar-refractivity contribution < 1.29 is 19.4 Å². The predicted octanol–water partition coefficient (Wildman–Crippen LogP) is 6.19. The van der Waals surface area contributed by atoms with Crippen molar-refractivity contribution in [3.63, 3.8) is 0 Å². The first-order chi connectivity index (χ1) is 18.4. The normalized spacial score (nSPS) is 14.7. The lowest BCUT2D eigenvalue weighted by molar-refractivity contribution is -0.112. The molecule has 1 saturated heterocycles. The van der Waals surface area contributed by atoms with Gasteiger partial charge in [0, 0.05) is 48.2 Å². The van der Waals surface area contributed by atoms with Crippen molar-refractivity contribution in [3.05, 3.63) is 83.3 Å². The second kappa shape index (κ2) is 16.0. The zero-order valence-electron chi connectivity index (χ0n) is 23.1. The first-order valence-electron chi connectivity index (χ1n) is 13.1. The maximum absolute atomic E-state index is 12.8. The van der Waals surface area contributed by atoms with Gasteiger partial charge in [0.2, 0.25) is 0 Å². The van der Waals surface area contributed by atoms with E-state index in [-0.39, 0.29) is 17.6 Å². The Morgan fingerprint density at radius 1 is 1.03 bits per heavy atom. The molecule has 4 rings (SSSR count). The Morgan fingerprint density at radius 3 is 2.39 bits per heavy atom. The van der Waals surface area contributed by atoms with E-state index in [1.807, 2.05) is 52.8 Å². The highest BCUT2D eigenvalue weighted by molar-refractivity contribution is 6.07. The number of allylic oxidation sites excluding steroid dienone is 4. The van der Waals surface area contributed by atoms with E-state index in [9.17, 15) is 14.7 Å². The van der Waals surface area contributed by atoms with E-state index in [1.165, 1.54) is 6.08 Å². The minimum absolute atomic E-state index is 0.198. The van der Waals surface area contributed by atoms with Crippen LogP contribution in [0.5, 0.6) is 0 Å². The van der Waals surface area contributed by atoms with Crippen molar-refractivity contribution in [2.75, 3.05) is 41.8 Å². The van der Waals surface area contributed by atoms with Crippen molar-refractivity contribution in [1.82, 2.24) is 4.98 Å². The molecule has 8 heteroatoms. The highest BCUT2D eigenvalue weighted by atomic mass is 16.5. The van der Waals surface area contributed by atoms with Gasteiger partial charge in [0.05, 0.1) is 19.0 Å². The Labute approximate surface area is 226 Å². The molecule has 1 aliphatic carbocycles. The zero-order valence-corrected chi connectivity index (χ0v) is 23.1. The predicted molar refractivity (Wildman–Crippen MR) is 155 cm³/mol. The number of benzene rings is 1.